The number of nitrogens with one attached hydrogen (secondary N) is 1. The molecule has 3 aromatic carbocycles. The summed E-state index contributed by atoms with van der Waals surface area (Å²) in [7, 11) is 1.52. The van der Waals surface area contributed by atoms with Crippen molar-refractivity contribution in [3.05, 3.63) is 95.8 Å². The minimum atomic E-state index is -0.849. The van der Waals surface area contributed by atoms with E-state index in [1.807, 2.05) is 37.3 Å². The lowest BCUT2D eigenvalue weighted by Gasteiger charge is -2.31. The van der Waals surface area contributed by atoms with Crippen molar-refractivity contribution >= 4 is 11.8 Å². The van der Waals surface area contributed by atoms with E-state index in [0.717, 1.165) is 18.4 Å². The smallest absolute Gasteiger partial charge is 0.261 e. The van der Waals surface area contributed by atoms with Crippen LogP contribution in [0.1, 0.15) is 30.9 Å². The molecule has 6 nitrogen and oxygen atoms in total. The van der Waals surface area contributed by atoms with Crippen LogP contribution in [0, 0.1) is 5.82 Å². The highest BCUT2D eigenvalue weighted by molar-refractivity contribution is 5.88. The number of halogens is 1. The number of carbonyl (C=O) groups is 2. The van der Waals surface area contributed by atoms with Crippen molar-refractivity contribution in [2.24, 2.45) is 0 Å². The van der Waals surface area contributed by atoms with E-state index in [4.69, 9.17) is 9.47 Å². The van der Waals surface area contributed by atoms with Crippen LogP contribution in [0.25, 0.3) is 0 Å². The zero-order valence-electron chi connectivity index (χ0n) is 20.8. The SMILES string of the molecule is CCCCNC(=O)C(Cc1ccccc1)N(Cc1ccccc1F)C(=O)COc1ccccc1OC. The third-order valence-corrected chi connectivity index (χ3v) is 5.82. The number of ether oxygens (including phenoxy) is 2. The van der Waals surface area contributed by atoms with Gasteiger partial charge in [0.25, 0.3) is 5.91 Å². The number of hydrogen-bond donors (Lipinski definition) is 1. The molecule has 0 bridgehead atoms. The molecular weight excluding hydrogens is 459 g/mol. The molecule has 0 aliphatic heterocycles. The monoisotopic (exact) mass is 492 g/mol. The minimum Gasteiger partial charge on any atom is -0.493 e. The maximum absolute atomic E-state index is 14.6. The van der Waals surface area contributed by atoms with Crippen LogP contribution >= 0.6 is 0 Å². The van der Waals surface area contributed by atoms with Gasteiger partial charge in [-0.1, -0.05) is 74.0 Å². The van der Waals surface area contributed by atoms with Crippen molar-refractivity contribution in [1.29, 1.82) is 0 Å². The first-order valence-electron chi connectivity index (χ1n) is 12.1. The summed E-state index contributed by atoms with van der Waals surface area (Å²) in [5.74, 6) is -0.258. The predicted molar refractivity (Wildman–Crippen MR) is 137 cm³/mol. The summed E-state index contributed by atoms with van der Waals surface area (Å²) in [6, 6.07) is 21.9. The zero-order valence-corrected chi connectivity index (χ0v) is 20.8. The first-order valence-corrected chi connectivity index (χ1v) is 12.1. The largest absolute Gasteiger partial charge is 0.493 e. The average Bonchev–Trinajstić information content (AvgIpc) is 2.91. The second kappa shape index (κ2) is 13.9. The quantitative estimate of drug-likeness (QED) is 0.349. The van der Waals surface area contributed by atoms with Crippen molar-refractivity contribution in [3.8, 4) is 11.5 Å². The van der Waals surface area contributed by atoms with Crippen molar-refractivity contribution in [2.45, 2.75) is 38.8 Å². The Labute approximate surface area is 212 Å². The van der Waals surface area contributed by atoms with E-state index in [1.54, 1.807) is 42.5 Å². The van der Waals surface area contributed by atoms with E-state index in [2.05, 4.69) is 5.32 Å². The number of carbonyl (C=O) groups excluding carboxylic acids is 2. The van der Waals surface area contributed by atoms with Gasteiger partial charge in [0.2, 0.25) is 5.91 Å². The maximum Gasteiger partial charge on any atom is 0.261 e. The van der Waals surface area contributed by atoms with Gasteiger partial charge < -0.3 is 19.7 Å². The van der Waals surface area contributed by atoms with E-state index in [1.165, 1.54) is 18.1 Å². The first-order chi connectivity index (χ1) is 17.5. The van der Waals surface area contributed by atoms with E-state index >= 15 is 0 Å². The number of amides is 2. The molecule has 0 saturated heterocycles. The topological polar surface area (TPSA) is 67.9 Å². The Morgan fingerprint density at radius 1 is 0.944 bits per heavy atom. The molecular formula is C29H33FN2O4. The Morgan fingerprint density at radius 2 is 1.61 bits per heavy atom. The fraction of sp³-hybridized carbons (Fsp3) is 0.310. The molecule has 0 heterocycles. The molecule has 0 fully saturated rings. The lowest BCUT2D eigenvalue weighted by Crippen LogP contribution is -2.52. The zero-order chi connectivity index (χ0) is 25.8. The summed E-state index contributed by atoms with van der Waals surface area (Å²) in [5.41, 5.74) is 1.22. The van der Waals surface area contributed by atoms with Gasteiger partial charge >= 0.3 is 0 Å². The van der Waals surface area contributed by atoms with E-state index < -0.39 is 17.8 Å². The summed E-state index contributed by atoms with van der Waals surface area (Å²) in [6.45, 7) is 2.14. The highest BCUT2D eigenvalue weighted by Crippen LogP contribution is 2.26. The Hall–Kier alpha value is -3.87. The molecule has 0 spiro atoms. The van der Waals surface area contributed by atoms with Gasteiger partial charge in [-0.05, 0) is 30.2 Å². The molecule has 190 valence electrons. The predicted octanol–water partition coefficient (Wildman–Crippen LogP) is 4.77. The van der Waals surface area contributed by atoms with Gasteiger partial charge in [-0.3, -0.25) is 9.59 Å². The standard InChI is InChI=1S/C29H33FN2O4/c1-3-4-18-31-29(34)25(19-22-12-6-5-7-13-22)32(20-23-14-8-9-15-24(23)30)28(33)21-36-27-17-11-10-16-26(27)35-2/h5-17,25H,3-4,18-21H2,1-2H3,(H,31,34). The van der Waals surface area contributed by atoms with E-state index in [9.17, 15) is 14.0 Å². The third-order valence-electron chi connectivity index (χ3n) is 5.82. The van der Waals surface area contributed by atoms with Crippen LogP contribution in [-0.2, 0) is 22.6 Å². The second-order valence-electron chi connectivity index (χ2n) is 8.40. The molecule has 1 atom stereocenters. The summed E-state index contributed by atoms with van der Waals surface area (Å²) >= 11 is 0. The maximum atomic E-state index is 14.6. The fourth-order valence-corrected chi connectivity index (χ4v) is 3.83. The third kappa shape index (κ3) is 7.57. The van der Waals surface area contributed by atoms with Crippen LogP contribution in [0.3, 0.4) is 0 Å². The Morgan fingerprint density at radius 3 is 2.31 bits per heavy atom. The summed E-state index contributed by atoms with van der Waals surface area (Å²) in [4.78, 5) is 28.3. The van der Waals surface area contributed by atoms with Gasteiger partial charge in [0.05, 0.1) is 7.11 Å². The van der Waals surface area contributed by atoms with Gasteiger partial charge in [0.15, 0.2) is 18.1 Å². The minimum absolute atomic E-state index is 0.0700. The molecule has 0 aliphatic carbocycles. The molecule has 0 radical (unpaired) electrons. The Kier molecular flexibility index (Phi) is 10.3. The highest BCUT2D eigenvalue weighted by Gasteiger charge is 2.31. The molecule has 0 saturated carbocycles. The normalized spacial score (nSPS) is 11.4. The van der Waals surface area contributed by atoms with Crippen molar-refractivity contribution in [2.75, 3.05) is 20.3 Å². The number of unbranched alkanes of at least 4 members (excludes halogenated alkanes) is 1. The van der Waals surface area contributed by atoms with Crippen molar-refractivity contribution in [3.63, 3.8) is 0 Å². The summed E-state index contributed by atoms with van der Waals surface area (Å²) in [6.07, 6.45) is 2.03. The number of para-hydroxylation sites is 2. The second-order valence-corrected chi connectivity index (χ2v) is 8.40. The van der Waals surface area contributed by atoms with Crippen molar-refractivity contribution < 1.29 is 23.5 Å². The molecule has 3 aromatic rings. The Bertz CT molecular complexity index is 1120. The number of methoxy groups -OCH3 is 1. The first kappa shape index (κ1) is 26.7. The molecule has 2 amide bonds. The number of hydrogen-bond acceptors (Lipinski definition) is 4. The van der Waals surface area contributed by atoms with E-state index in [-0.39, 0.29) is 25.5 Å². The van der Waals surface area contributed by atoms with Crippen LogP contribution in [0.4, 0.5) is 4.39 Å². The molecule has 7 heteroatoms. The van der Waals surface area contributed by atoms with Gasteiger partial charge in [-0.25, -0.2) is 4.39 Å². The average molecular weight is 493 g/mol. The Balaban J connectivity index is 1.91. The molecule has 0 aliphatic rings. The van der Waals surface area contributed by atoms with Gasteiger partial charge in [0, 0.05) is 25.1 Å². The number of rotatable bonds is 13. The van der Waals surface area contributed by atoms with Gasteiger partial charge in [-0.15, -0.1) is 0 Å². The van der Waals surface area contributed by atoms with Crippen molar-refractivity contribution in [1.82, 2.24) is 10.2 Å². The fourth-order valence-electron chi connectivity index (χ4n) is 3.83. The number of nitrogens with zero attached hydrogens (tertiary/aromatic N) is 1. The van der Waals surface area contributed by atoms with Crippen LogP contribution in [-0.4, -0.2) is 43.0 Å². The lowest BCUT2D eigenvalue weighted by molar-refractivity contribution is -0.142. The summed E-state index contributed by atoms with van der Waals surface area (Å²) in [5, 5.41) is 2.94. The van der Waals surface area contributed by atoms with Gasteiger partial charge in [0.1, 0.15) is 11.9 Å². The molecule has 1 unspecified atom stereocenters. The van der Waals surface area contributed by atoms with E-state index in [0.29, 0.717) is 23.6 Å². The van der Waals surface area contributed by atoms with Gasteiger partial charge in [-0.2, -0.15) is 0 Å². The molecule has 36 heavy (non-hydrogen) atoms. The molecule has 0 aromatic heterocycles. The van der Waals surface area contributed by atoms with Crippen LogP contribution in [0.2, 0.25) is 0 Å². The molecule has 1 N–H and O–H groups in total. The highest BCUT2D eigenvalue weighted by atomic mass is 19.1. The summed E-state index contributed by atoms with van der Waals surface area (Å²) < 4.78 is 25.7. The lowest BCUT2D eigenvalue weighted by atomic mass is 10.0. The van der Waals surface area contributed by atoms with Crippen LogP contribution in [0.15, 0.2) is 78.9 Å². The van der Waals surface area contributed by atoms with Crippen LogP contribution < -0.4 is 14.8 Å². The molecule has 3 rings (SSSR count). The number of benzene rings is 3. The van der Waals surface area contributed by atoms with Crippen LogP contribution in [0.5, 0.6) is 11.5 Å².